The average molecular weight is 377 g/mol. The summed E-state index contributed by atoms with van der Waals surface area (Å²) in [6.45, 7) is 0.610. The van der Waals surface area contributed by atoms with E-state index in [0.29, 0.717) is 47.8 Å². The lowest BCUT2D eigenvalue weighted by Crippen LogP contribution is -2.06. The summed E-state index contributed by atoms with van der Waals surface area (Å²) >= 11 is 0. The maximum absolute atomic E-state index is 13.1. The number of H-pyrrole nitrogens is 1. The molecule has 0 atom stereocenters. The first-order valence-corrected chi connectivity index (χ1v) is 8.58. The molecule has 1 aromatic carbocycles. The second-order valence-corrected chi connectivity index (χ2v) is 6.06. The fraction of sp³-hybridized carbons (Fsp3) is 0.167. The number of nitrogens with two attached hydrogens (primary N) is 1. The number of aryl methyl sites for hydroxylation is 1. The van der Waals surface area contributed by atoms with Crippen LogP contribution < -0.4 is 11.1 Å². The van der Waals surface area contributed by atoms with Gasteiger partial charge in [-0.15, -0.1) is 0 Å². The molecule has 0 spiro atoms. The van der Waals surface area contributed by atoms with E-state index < -0.39 is 0 Å². The molecular weight excluding hydrogens is 361 g/mol. The number of benzene rings is 1. The van der Waals surface area contributed by atoms with Gasteiger partial charge in [0.05, 0.1) is 17.7 Å². The van der Waals surface area contributed by atoms with E-state index in [0.717, 1.165) is 5.52 Å². The van der Waals surface area contributed by atoms with Crippen molar-refractivity contribution in [1.82, 2.24) is 29.7 Å². The highest BCUT2D eigenvalue weighted by molar-refractivity contribution is 5.81. The Morgan fingerprint density at radius 1 is 1.21 bits per heavy atom. The maximum Gasteiger partial charge on any atom is 0.182 e. The molecule has 9 nitrogen and oxygen atoms in total. The summed E-state index contributed by atoms with van der Waals surface area (Å²) in [7, 11) is 0. The van der Waals surface area contributed by atoms with Crippen LogP contribution in [0.1, 0.15) is 17.7 Å². The lowest BCUT2D eigenvalue weighted by molar-refractivity contribution is 0.627. The number of nitrogens with zero attached hydrogens (tertiary/aromatic N) is 6. The molecule has 0 saturated heterocycles. The molecule has 0 bridgehead atoms. The van der Waals surface area contributed by atoms with Gasteiger partial charge in [0, 0.05) is 6.54 Å². The molecule has 28 heavy (non-hydrogen) atoms. The van der Waals surface area contributed by atoms with Crippen LogP contribution in [0, 0.1) is 17.1 Å². The molecule has 4 rings (SSSR count). The molecule has 0 aliphatic carbocycles. The number of hydrogen-bond acceptors (Lipinski definition) is 7. The number of aromatic nitrogens is 6. The van der Waals surface area contributed by atoms with Crippen molar-refractivity contribution in [3.05, 3.63) is 54.0 Å². The van der Waals surface area contributed by atoms with Crippen molar-refractivity contribution in [2.75, 3.05) is 17.6 Å². The molecule has 0 aliphatic rings. The molecule has 3 heterocycles. The van der Waals surface area contributed by atoms with E-state index in [2.05, 4.69) is 36.4 Å². The van der Waals surface area contributed by atoms with Crippen LogP contribution in [-0.4, -0.2) is 36.3 Å². The normalized spacial score (nSPS) is 10.9. The standard InChI is InChI=1S/C18H16FN9/c19-11-3-5-12(6-4-11)28-16(21)13(8-20)14(27-28)2-1-7-22-17-15-18(24-9-23-15)26-10-25-17/h3-6,9-10H,1-2,7,21H2,(H2,22,23,24,25,26). The zero-order chi connectivity index (χ0) is 19.5. The van der Waals surface area contributed by atoms with Crippen molar-refractivity contribution < 1.29 is 4.39 Å². The van der Waals surface area contributed by atoms with E-state index in [4.69, 9.17) is 5.73 Å². The first-order valence-electron chi connectivity index (χ1n) is 8.58. The Morgan fingerprint density at radius 2 is 2.04 bits per heavy atom. The van der Waals surface area contributed by atoms with Crippen LogP contribution in [0.5, 0.6) is 0 Å². The number of fused-ring (bicyclic) bond motifs is 1. The number of nitrogen functional groups attached to an aromatic ring is 1. The van der Waals surface area contributed by atoms with E-state index in [9.17, 15) is 9.65 Å². The monoisotopic (exact) mass is 377 g/mol. The summed E-state index contributed by atoms with van der Waals surface area (Å²) < 4.78 is 14.6. The SMILES string of the molecule is N#Cc1c(CCCNc2ncnc3nc[nH]c23)nn(-c2ccc(F)cc2)c1N. The Balaban J connectivity index is 1.46. The Kier molecular flexibility index (Phi) is 4.55. The summed E-state index contributed by atoms with van der Waals surface area (Å²) in [6.07, 6.45) is 4.26. The van der Waals surface area contributed by atoms with Crippen LogP contribution in [-0.2, 0) is 6.42 Å². The van der Waals surface area contributed by atoms with Crippen molar-refractivity contribution in [3.8, 4) is 11.8 Å². The van der Waals surface area contributed by atoms with Crippen LogP contribution in [0.15, 0.2) is 36.9 Å². The molecule has 0 amide bonds. The predicted octanol–water partition coefficient (Wildman–Crippen LogP) is 2.18. The number of rotatable bonds is 6. The third-order valence-corrected chi connectivity index (χ3v) is 4.28. The zero-order valence-electron chi connectivity index (χ0n) is 14.7. The number of anilines is 2. The van der Waals surface area contributed by atoms with Gasteiger partial charge in [-0.05, 0) is 37.1 Å². The highest BCUT2D eigenvalue weighted by Gasteiger charge is 2.16. The first kappa shape index (κ1) is 17.4. The first-order chi connectivity index (χ1) is 13.7. The summed E-state index contributed by atoms with van der Waals surface area (Å²) in [4.78, 5) is 15.4. The van der Waals surface area contributed by atoms with Crippen LogP contribution in [0.25, 0.3) is 16.9 Å². The van der Waals surface area contributed by atoms with E-state index in [1.165, 1.54) is 23.1 Å². The van der Waals surface area contributed by atoms with Crippen LogP contribution in [0.2, 0.25) is 0 Å². The Labute approximate surface area is 159 Å². The molecule has 0 aliphatic heterocycles. The number of nitriles is 1. The topological polar surface area (TPSA) is 134 Å². The Morgan fingerprint density at radius 3 is 2.82 bits per heavy atom. The van der Waals surface area contributed by atoms with Crippen molar-refractivity contribution in [3.63, 3.8) is 0 Å². The van der Waals surface area contributed by atoms with Gasteiger partial charge in [-0.25, -0.2) is 24.0 Å². The quantitative estimate of drug-likeness (QED) is 0.438. The van der Waals surface area contributed by atoms with Crippen LogP contribution in [0.3, 0.4) is 0 Å². The minimum Gasteiger partial charge on any atom is -0.382 e. The molecule has 0 unspecified atom stereocenters. The van der Waals surface area contributed by atoms with Crippen LogP contribution in [0.4, 0.5) is 16.0 Å². The molecular formula is C18H16FN9. The van der Waals surface area contributed by atoms with Gasteiger partial charge in [0.2, 0.25) is 0 Å². The fourth-order valence-corrected chi connectivity index (χ4v) is 2.92. The van der Waals surface area contributed by atoms with Gasteiger partial charge in [0.25, 0.3) is 0 Å². The summed E-state index contributed by atoms with van der Waals surface area (Å²) in [5.74, 6) is 0.559. The minimum atomic E-state index is -0.350. The van der Waals surface area contributed by atoms with E-state index in [-0.39, 0.29) is 11.6 Å². The third-order valence-electron chi connectivity index (χ3n) is 4.28. The van der Waals surface area contributed by atoms with E-state index in [1.54, 1.807) is 18.5 Å². The van der Waals surface area contributed by atoms with Gasteiger partial charge in [-0.2, -0.15) is 10.4 Å². The van der Waals surface area contributed by atoms with Crippen molar-refractivity contribution in [1.29, 1.82) is 5.26 Å². The van der Waals surface area contributed by atoms with Gasteiger partial charge in [0.1, 0.15) is 35.1 Å². The average Bonchev–Trinajstić information content (AvgIpc) is 3.30. The Bertz CT molecular complexity index is 1150. The molecule has 0 saturated carbocycles. The van der Waals surface area contributed by atoms with Gasteiger partial charge < -0.3 is 16.0 Å². The van der Waals surface area contributed by atoms with Gasteiger partial charge in [-0.3, -0.25) is 0 Å². The largest absolute Gasteiger partial charge is 0.382 e. The summed E-state index contributed by atoms with van der Waals surface area (Å²) in [5, 5.41) is 17.1. The molecule has 140 valence electrons. The number of nitrogens with one attached hydrogen (secondary N) is 2. The lowest BCUT2D eigenvalue weighted by Gasteiger charge is -2.05. The number of imidazole rings is 1. The predicted molar refractivity (Wildman–Crippen MR) is 101 cm³/mol. The molecule has 4 aromatic rings. The smallest absolute Gasteiger partial charge is 0.182 e. The third kappa shape index (κ3) is 3.21. The van der Waals surface area contributed by atoms with E-state index in [1.807, 2.05) is 0 Å². The summed E-state index contributed by atoms with van der Waals surface area (Å²) in [5.41, 5.74) is 8.94. The van der Waals surface area contributed by atoms with Gasteiger partial charge >= 0.3 is 0 Å². The second kappa shape index (κ2) is 7.32. The van der Waals surface area contributed by atoms with Gasteiger partial charge in [-0.1, -0.05) is 0 Å². The van der Waals surface area contributed by atoms with Crippen molar-refractivity contribution in [2.45, 2.75) is 12.8 Å². The van der Waals surface area contributed by atoms with Crippen molar-refractivity contribution in [2.24, 2.45) is 0 Å². The fourth-order valence-electron chi connectivity index (χ4n) is 2.92. The van der Waals surface area contributed by atoms with Gasteiger partial charge in [0.15, 0.2) is 11.5 Å². The lowest BCUT2D eigenvalue weighted by atomic mass is 10.1. The Hall–Kier alpha value is -4.00. The van der Waals surface area contributed by atoms with Crippen molar-refractivity contribution >= 4 is 22.8 Å². The molecule has 0 radical (unpaired) electrons. The number of halogens is 1. The summed E-state index contributed by atoms with van der Waals surface area (Å²) in [6, 6.07) is 7.89. The molecule has 0 fully saturated rings. The second-order valence-electron chi connectivity index (χ2n) is 6.06. The molecule has 10 heteroatoms. The maximum atomic E-state index is 13.1. The molecule has 4 N–H and O–H groups in total. The minimum absolute atomic E-state index is 0.243. The van der Waals surface area contributed by atoms with E-state index >= 15 is 0 Å². The number of aromatic amines is 1. The highest BCUT2D eigenvalue weighted by atomic mass is 19.1. The molecule has 3 aromatic heterocycles. The highest BCUT2D eigenvalue weighted by Crippen LogP contribution is 2.22. The number of hydrogen-bond donors (Lipinski definition) is 3. The van der Waals surface area contributed by atoms with Crippen LogP contribution >= 0.6 is 0 Å². The zero-order valence-corrected chi connectivity index (χ0v) is 14.7.